The van der Waals surface area contributed by atoms with Gasteiger partial charge in [0.25, 0.3) is 0 Å². The summed E-state index contributed by atoms with van der Waals surface area (Å²) in [5, 5.41) is 3.29. The average molecular weight is 641 g/mol. The highest BCUT2D eigenvalue weighted by Crippen LogP contribution is 2.40. The molecule has 6 rings (SSSR count). The minimum absolute atomic E-state index is 0.130. The van der Waals surface area contributed by atoms with Crippen LogP contribution in [0.15, 0.2) is 36.4 Å². The van der Waals surface area contributed by atoms with E-state index in [0.717, 1.165) is 37.2 Å². The number of halogens is 6. The van der Waals surface area contributed by atoms with E-state index in [-0.39, 0.29) is 29.4 Å². The third kappa shape index (κ3) is 6.90. The third-order valence-corrected chi connectivity index (χ3v) is 8.51. The first-order valence-electron chi connectivity index (χ1n) is 14.6. The predicted octanol–water partition coefficient (Wildman–Crippen LogP) is 5.78. The molecule has 4 heterocycles. The molecule has 0 radical (unpaired) electrons. The monoisotopic (exact) mass is 640 g/mol. The largest absolute Gasteiger partial charge is 0.444 e. The van der Waals surface area contributed by atoms with Crippen LogP contribution in [0.5, 0.6) is 0 Å². The van der Waals surface area contributed by atoms with Gasteiger partial charge in [-0.2, -0.15) is 26.3 Å². The topological polar surface area (TPSA) is 82.2 Å². The number of likely N-dealkylation sites (tertiary alicyclic amines) is 1. The first-order chi connectivity index (χ1) is 21.0. The van der Waals surface area contributed by atoms with E-state index in [1.165, 1.54) is 12.1 Å². The molecule has 0 saturated carbocycles. The van der Waals surface area contributed by atoms with Gasteiger partial charge in [0.2, 0.25) is 0 Å². The van der Waals surface area contributed by atoms with Gasteiger partial charge in [-0.3, -0.25) is 9.59 Å². The summed E-state index contributed by atoms with van der Waals surface area (Å²) in [5.74, 6) is 0. The minimum Gasteiger partial charge on any atom is -0.444 e. The summed E-state index contributed by atoms with van der Waals surface area (Å²) in [5.41, 5.74) is -0.891. The number of carbonyl (C=O) groups excluding carboxylic acids is 3. The zero-order valence-corrected chi connectivity index (χ0v) is 24.9. The number of rotatable bonds is 4. The SMILES string of the molecule is CC(C)(C)OC(=O)N1CC2CC1CN2c1cc(C(F)(F)F)ccc1C=O.O=Cc1ccc(C(F)(F)F)cc1N1CC2CC1CN2. The number of carbonyl (C=O) groups is 3. The molecule has 14 heteroatoms. The van der Waals surface area contributed by atoms with E-state index < -0.39 is 35.2 Å². The lowest BCUT2D eigenvalue weighted by molar-refractivity contribution is -0.138. The Morgan fingerprint density at radius 2 is 1.31 bits per heavy atom. The fourth-order valence-electron chi connectivity index (χ4n) is 6.50. The molecule has 4 atom stereocenters. The highest BCUT2D eigenvalue weighted by molar-refractivity contribution is 5.86. The highest BCUT2D eigenvalue weighted by atomic mass is 19.4. The summed E-state index contributed by atoms with van der Waals surface area (Å²) in [6, 6.07) is 6.67. The second-order valence-electron chi connectivity index (χ2n) is 12.8. The molecule has 4 unspecified atom stereocenters. The number of ether oxygens (including phenoxy) is 1. The number of aldehydes is 2. The zero-order chi connectivity index (χ0) is 32.9. The summed E-state index contributed by atoms with van der Waals surface area (Å²) in [7, 11) is 0. The third-order valence-electron chi connectivity index (χ3n) is 8.51. The Labute approximate surface area is 256 Å². The van der Waals surface area contributed by atoms with Crippen LogP contribution in [0.3, 0.4) is 0 Å². The van der Waals surface area contributed by atoms with Crippen molar-refractivity contribution in [2.75, 3.05) is 36.0 Å². The number of piperazine rings is 2. The van der Waals surface area contributed by atoms with E-state index in [0.29, 0.717) is 55.9 Å². The highest BCUT2D eigenvalue weighted by Gasteiger charge is 2.47. The number of alkyl halides is 6. The quantitative estimate of drug-likeness (QED) is 0.335. The van der Waals surface area contributed by atoms with Crippen molar-refractivity contribution < 1.29 is 45.5 Å². The number of benzene rings is 2. The maximum Gasteiger partial charge on any atom is 0.416 e. The average Bonchev–Trinajstić information content (AvgIpc) is 3.77. The molecule has 0 aliphatic carbocycles. The fraction of sp³-hybridized carbons (Fsp3) is 0.516. The van der Waals surface area contributed by atoms with Gasteiger partial charge in [-0.1, -0.05) is 0 Å². The first-order valence-corrected chi connectivity index (χ1v) is 14.6. The van der Waals surface area contributed by atoms with E-state index in [9.17, 15) is 40.7 Å². The molecule has 2 aromatic carbocycles. The van der Waals surface area contributed by atoms with Crippen LogP contribution in [0.2, 0.25) is 0 Å². The molecule has 1 N–H and O–H groups in total. The van der Waals surface area contributed by atoms with Gasteiger partial charge in [0.1, 0.15) is 5.60 Å². The molecule has 45 heavy (non-hydrogen) atoms. The van der Waals surface area contributed by atoms with E-state index in [2.05, 4.69) is 5.32 Å². The maximum atomic E-state index is 13.0. The Bertz CT molecular complexity index is 1460. The number of nitrogens with zero attached hydrogens (tertiary/aromatic N) is 3. The Balaban J connectivity index is 0.000000186. The van der Waals surface area contributed by atoms with Gasteiger partial charge >= 0.3 is 18.4 Å². The van der Waals surface area contributed by atoms with Gasteiger partial charge in [0, 0.05) is 66.8 Å². The number of hydrogen-bond acceptors (Lipinski definition) is 7. The standard InChI is InChI=1S/C18H21F3N2O3.C13H13F3N2O/c1-17(2,3)26-16(25)23-9-13-7-14(23)8-22(13)15-6-12(18(19,20)21)5-4-11(15)10-24;14-13(15,16)9-2-1-8(7-19)12(3-9)18-6-10-4-11(18)5-17-10/h4-6,10,13-14H,7-9H2,1-3H3;1-3,7,10-11,17H,4-6H2. The molecule has 0 aromatic heterocycles. The number of hydrogen-bond donors (Lipinski definition) is 1. The van der Waals surface area contributed by atoms with Crippen molar-refractivity contribution in [3.8, 4) is 0 Å². The maximum absolute atomic E-state index is 13.0. The van der Waals surface area contributed by atoms with Crippen molar-refractivity contribution in [3.05, 3.63) is 58.7 Å². The zero-order valence-electron chi connectivity index (χ0n) is 24.9. The lowest BCUT2D eigenvalue weighted by atomic mass is 10.1. The van der Waals surface area contributed by atoms with Crippen LogP contribution in [0.1, 0.15) is 65.5 Å². The lowest BCUT2D eigenvalue weighted by Crippen LogP contribution is -2.50. The van der Waals surface area contributed by atoms with Crippen molar-refractivity contribution in [2.24, 2.45) is 0 Å². The first kappa shape index (κ1) is 32.6. The number of anilines is 2. The number of amides is 1. The molecule has 4 aliphatic rings. The summed E-state index contributed by atoms with van der Waals surface area (Å²) in [6.45, 7) is 7.52. The summed E-state index contributed by atoms with van der Waals surface area (Å²) in [6.07, 6.45) is -6.51. The Kier molecular flexibility index (Phi) is 8.58. The van der Waals surface area contributed by atoms with E-state index in [1.54, 1.807) is 30.6 Å². The molecule has 0 spiro atoms. The Hall–Kier alpha value is -3.81. The van der Waals surface area contributed by atoms with Crippen LogP contribution in [0, 0.1) is 0 Å². The molecule has 4 aliphatic heterocycles. The van der Waals surface area contributed by atoms with Gasteiger partial charge in [-0.25, -0.2) is 4.79 Å². The fourth-order valence-corrected chi connectivity index (χ4v) is 6.50. The molecule has 2 aromatic rings. The smallest absolute Gasteiger partial charge is 0.416 e. The molecular weight excluding hydrogens is 606 g/mol. The van der Waals surface area contributed by atoms with Gasteiger partial charge in [-0.15, -0.1) is 0 Å². The summed E-state index contributed by atoms with van der Waals surface area (Å²) < 4.78 is 82.7. The van der Waals surface area contributed by atoms with Crippen LogP contribution in [0.25, 0.3) is 0 Å². The van der Waals surface area contributed by atoms with Gasteiger partial charge < -0.3 is 24.8 Å². The van der Waals surface area contributed by atoms with Gasteiger partial charge in [0.15, 0.2) is 12.6 Å². The molecular formula is C31H34F6N4O4. The normalized spacial score (nSPS) is 24.1. The van der Waals surface area contributed by atoms with Crippen molar-refractivity contribution in [1.82, 2.24) is 10.2 Å². The van der Waals surface area contributed by atoms with Gasteiger partial charge in [0.05, 0.1) is 17.2 Å². The van der Waals surface area contributed by atoms with Crippen LogP contribution in [-0.4, -0.2) is 79.5 Å². The lowest BCUT2D eigenvalue weighted by Gasteiger charge is -2.37. The van der Waals surface area contributed by atoms with Crippen molar-refractivity contribution in [1.29, 1.82) is 0 Å². The summed E-state index contributed by atoms with van der Waals surface area (Å²) >= 11 is 0. The Morgan fingerprint density at radius 1 is 0.778 bits per heavy atom. The molecule has 4 bridgehead atoms. The minimum atomic E-state index is -4.47. The second-order valence-corrected chi connectivity index (χ2v) is 12.8. The Morgan fingerprint density at radius 3 is 1.69 bits per heavy atom. The van der Waals surface area contributed by atoms with Crippen molar-refractivity contribution >= 4 is 30.0 Å². The van der Waals surface area contributed by atoms with E-state index in [4.69, 9.17) is 4.74 Å². The molecule has 8 nitrogen and oxygen atoms in total. The molecule has 4 saturated heterocycles. The van der Waals surface area contributed by atoms with Gasteiger partial charge in [-0.05, 0) is 70.0 Å². The molecule has 244 valence electrons. The molecule has 1 amide bonds. The van der Waals surface area contributed by atoms with Crippen molar-refractivity contribution in [2.45, 2.75) is 75.7 Å². The molecule has 4 fully saturated rings. The number of nitrogens with one attached hydrogen (secondary N) is 1. The van der Waals surface area contributed by atoms with E-state index in [1.807, 2.05) is 4.90 Å². The van der Waals surface area contributed by atoms with Crippen LogP contribution in [0.4, 0.5) is 42.5 Å². The summed E-state index contributed by atoms with van der Waals surface area (Å²) in [4.78, 5) is 39.9. The van der Waals surface area contributed by atoms with Crippen LogP contribution < -0.4 is 15.1 Å². The van der Waals surface area contributed by atoms with E-state index >= 15 is 0 Å². The predicted molar refractivity (Wildman–Crippen MR) is 154 cm³/mol. The van der Waals surface area contributed by atoms with Crippen LogP contribution in [-0.2, 0) is 17.1 Å². The second kappa shape index (κ2) is 11.8. The number of fused-ring (bicyclic) bond motifs is 4. The van der Waals surface area contributed by atoms with Crippen LogP contribution >= 0.6 is 0 Å². The van der Waals surface area contributed by atoms with Crippen molar-refractivity contribution in [3.63, 3.8) is 0 Å².